The van der Waals surface area contributed by atoms with Gasteiger partial charge in [-0.15, -0.1) is 0 Å². The van der Waals surface area contributed by atoms with E-state index in [1.165, 1.54) is 12.1 Å². The highest BCUT2D eigenvalue weighted by Gasteiger charge is 2.42. The zero-order valence-corrected chi connectivity index (χ0v) is 10.1. The fourth-order valence-electron chi connectivity index (χ4n) is 1.79. The number of carboxylic acids is 1. The molecule has 0 aromatic heterocycles. The van der Waals surface area contributed by atoms with Crippen LogP contribution in [0.15, 0.2) is 18.2 Å². The standard InChI is InChI=1S/C12H13FN2O4/c13-6-12(3-4-12)7-14-9-5-8(11(16)17)1-2-10(9)15(18)19/h1-2,5,14H,3-4,6-7H2,(H,16,17). The SMILES string of the molecule is O=C(O)c1ccc([N+](=O)[O-])c(NCC2(CF)CC2)c1. The summed E-state index contributed by atoms with van der Waals surface area (Å²) in [5.41, 5.74) is -0.574. The van der Waals surface area contributed by atoms with Crippen molar-refractivity contribution in [3.8, 4) is 0 Å². The maximum absolute atomic E-state index is 12.7. The van der Waals surface area contributed by atoms with Gasteiger partial charge in [-0.05, 0) is 25.0 Å². The van der Waals surface area contributed by atoms with Crippen LogP contribution in [0, 0.1) is 15.5 Å². The average Bonchev–Trinajstić information content (AvgIpc) is 3.16. The van der Waals surface area contributed by atoms with Crippen molar-refractivity contribution >= 4 is 17.3 Å². The van der Waals surface area contributed by atoms with Gasteiger partial charge in [-0.1, -0.05) is 0 Å². The van der Waals surface area contributed by atoms with Crippen LogP contribution in [0.4, 0.5) is 15.8 Å². The number of halogens is 1. The molecular weight excluding hydrogens is 255 g/mol. The number of benzene rings is 1. The molecule has 102 valence electrons. The number of hydrogen-bond donors (Lipinski definition) is 2. The lowest BCUT2D eigenvalue weighted by atomic mass is 10.1. The van der Waals surface area contributed by atoms with Gasteiger partial charge in [-0.2, -0.15) is 0 Å². The first-order chi connectivity index (χ1) is 8.97. The number of rotatable bonds is 6. The van der Waals surface area contributed by atoms with Gasteiger partial charge in [0.05, 0.1) is 17.2 Å². The topological polar surface area (TPSA) is 92.5 Å². The maximum Gasteiger partial charge on any atom is 0.335 e. The van der Waals surface area contributed by atoms with Crippen LogP contribution >= 0.6 is 0 Å². The van der Waals surface area contributed by atoms with Gasteiger partial charge in [0.25, 0.3) is 5.69 Å². The lowest BCUT2D eigenvalue weighted by Gasteiger charge is -2.13. The van der Waals surface area contributed by atoms with Crippen molar-refractivity contribution in [2.24, 2.45) is 5.41 Å². The highest BCUT2D eigenvalue weighted by Crippen LogP contribution is 2.46. The van der Waals surface area contributed by atoms with E-state index < -0.39 is 23.0 Å². The molecule has 0 radical (unpaired) electrons. The second-order valence-corrected chi connectivity index (χ2v) is 4.78. The van der Waals surface area contributed by atoms with Gasteiger partial charge in [0.1, 0.15) is 5.69 Å². The number of alkyl halides is 1. The summed E-state index contributed by atoms with van der Waals surface area (Å²) in [6, 6.07) is 3.52. The molecule has 0 spiro atoms. The Morgan fingerprint density at radius 1 is 1.53 bits per heavy atom. The Bertz CT molecular complexity index is 528. The fraction of sp³-hybridized carbons (Fsp3) is 0.417. The third-order valence-corrected chi connectivity index (χ3v) is 3.33. The third-order valence-electron chi connectivity index (χ3n) is 3.33. The van der Waals surface area contributed by atoms with E-state index in [-0.39, 0.29) is 23.5 Å². The van der Waals surface area contributed by atoms with Gasteiger partial charge in [0.2, 0.25) is 0 Å². The monoisotopic (exact) mass is 268 g/mol. The summed E-state index contributed by atoms with van der Waals surface area (Å²) in [6.45, 7) is -0.209. The second-order valence-electron chi connectivity index (χ2n) is 4.78. The number of anilines is 1. The smallest absolute Gasteiger partial charge is 0.335 e. The number of carbonyl (C=O) groups is 1. The van der Waals surface area contributed by atoms with Gasteiger partial charge >= 0.3 is 5.97 Å². The number of nitrogens with one attached hydrogen (secondary N) is 1. The molecule has 2 N–H and O–H groups in total. The molecule has 0 saturated heterocycles. The summed E-state index contributed by atoms with van der Waals surface area (Å²) in [5.74, 6) is -1.16. The fourth-order valence-corrected chi connectivity index (χ4v) is 1.79. The van der Waals surface area contributed by atoms with Crippen molar-refractivity contribution in [1.29, 1.82) is 0 Å². The normalized spacial score (nSPS) is 15.8. The Morgan fingerprint density at radius 3 is 2.68 bits per heavy atom. The molecule has 0 amide bonds. The molecule has 0 aliphatic heterocycles. The minimum Gasteiger partial charge on any atom is -0.478 e. The second kappa shape index (κ2) is 4.83. The zero-order valence-electron chi connectivity index (χ0n) is 10.1. The van der Waals surface area contributed by atoms with E-state index in [0.717, 1.165) is 18.9 Å². The summed E-state index contributed by atoms with van der Waals surface area (Å²) in [7, 11) is 0. The van der Waals surface area contributed by atoms with E-state index >= 15 is 0 Å². The summed E-state index contributed by atoms with van der Waals surface area (Å²) in [6.07, 6.45) is 1.48. The van der Waals surface area contributed by atoms with Gasteiger partial charge in [-0.25, -0.2) is 4.79 Å². The molecule has 6 nitrogen and oxygen atoms in total. The Kier molecular flexibility index (Phi) is 3.37. The molecule has 1 aromatic rings. The molecule has 1 saturated carbocycles. The summed E-state index contributed by atoms with van der Waals surface area (Å²) in [4.78, 5) is 21.1. The molecule has 7 heteroatoms. The number of nitro benzene ring substituents is 1. The predicted molar refractivity (Wildman–Crippen MR) is 66.2 cm³/mol. The van der Waals surface area contributed by atoms with Crippen LogP contribution in [-0.2, 0) is 0 Å². The lowest BCUT2D eigenvalue weighted by molar-refractivity contribution is -0.384. The van der Waals surface area contributed by atoms with E-state index in [1.54, 1.807) is 0 Å². The number of carboxylic acid groups (broad SMARTS) is 1. The predicted octanol–water partition coefficient (Wildman–Crippen LogP) is 2.45. The molecule has 2 rings (SSSR count). The Balaban J connectivity index is 2.22. The van der Waals surface area contributed by atoms with E-state index in [2.05, 4.69) is 5.32 Å². The third kappa shape index (κ3) is 2.81. The van der Waals surface area contributed by atoms with Crippen LogP contribution in [0.25, 0.3) is 0 Å². The first-order valence-corrected chi connectivity index (χ1v) is 5.79. The van der Waals surface area contributed by atoms with Crippen molar-refractivity contribution < 1.29 is 19.2 Å². The molecule has 0 unspecified atom stereocenters. The molecule has 1 fully saturated rings. The Hall–Kier alpha value is -2.18. The van der Waals surface area contributed by atoms with Gasteiger partial charge in [0, 0.05) is 18.0 Å². The summed E-state index contributed by atoms with van der Waals surface area (Å²) in [5, 5.41) is 22.5. The van der Waals surface area contributed by atoms with Crippen molar-refractivity contribution in [2.45, 2.75) is 12.8 Å². The number of nitrogens with zero attached hydrogens (tertiary/aromatic N) is 1. The molecule has 0 heterocycles. The molecule has 19 heavy (non-hydrogen) atoms. The van der Waals surface area contributed by atoms with E-state index in [9.17, 15) is 19.3 Å². The van der Waals surface area contributed by atoms with Crippen LogP contribution in [0.2, 0.25) is 0 Å². The zero-order chi connectivity index (χ0) is 14.0. The van der Waals surface area contributed by atoms with E-state index in [4.69, 9.17) is 5.11 Å². The van der Waals surface area contributed by atoms with Crippen molar-refractivity contribution in [3.05, 3.63) is 33.9 Å². The Labute approximate surface area is 108 Å². The minimum atomic E-state index is -1.16. The van der Waals surface area contributed by atoms with Crippen molar-refractivity contribution in [2.75, 3.05) is 18.5 Å². The molecule has 0 atom stereocenters. The molecule has 0 bridgehead atoms. The van der Waals surface area contributed by atoms with Crippen molar-refractivity contribution in [3.63, 3.8) is 0 Å². The van der Waals surface area contributed by atoms with Gasteiger partial charge in [0.15, 0.2) is 0 Å². The highest BCUT2D eigenvalue weighted by molar-refractivity contribution is 5.90. The lowest BCUT2D eigenvalue weighted by Crippen LogP contribution is -2.18. The highest BCUT2D eigenvalue weighted by atomic mass is 19.1. The quantitative estimate of drug-likeness (QED) is 0.610. The van der Waals surface area contributed by atoms with Crippen LogP contribution in [0.3, 0.4) is 0 Å². The van der Waals surface area contributed by atoms with Gasteiger partial charge < -0.3 is 10.4 Å². The number of nitro groups is 1. The first-order valence-electron chi connectivity index (χ1n) is 5.79. The van der Waals surface area contributed by atoms with Crippen LogP contribution in [-0.4, -0.2) is 29.2 Å². The number of hydrogen-bond acceptors (Lipinski definition) is 4. The minimum absolute atomic E-state index is 0.0433. The maximum atomic E-state index is 12.7. The largest absolute Gasteiger partial charge is 0.478 e. The van der Waals surface area contributed by atoms with Crippen LogP contribution in [0.5, 0.6) is 0 Å². The number of aromatic carboxylic acids is 1. The van der Waals surface area contributed by atoms with Crippen LogP contribution in [0.1, 0.15) is 23.2 Å². The molecule has 1 aromatic carbocycles. The molecular formula is C12H13FN2O4. The molecule has 1 aliphatic carbocycles. The summed E-state index contributed by atoms with van der Waals surface area (Å²) < 4.78 is 12.7. The first kappa shape index (κ1) is 13.3. The Morgan fingerprint density at radius 2 is 2.21 bits per heavy atom. The van der Waals surface area contributed by atoms with Crippen molar-refractivity contribution in [1.82, 2.24) is 0 Å². The van der Waals surface area contributed by atoms with E-state index in [1.807, 2.05) is 0 Å². The average molecular weight is 268 g/mol. The van der Waals surface area contributed by atoms with Crippen LogP contribution < -0.4 is 5.32 Å². The van der Waals surface area contributed by atoms with Gasteiger partial charge in [-0.3, -0.25) is 14.5 Å². The molecule has 1 aliphatic rings. The van der Waals surface area contributed by atoms with E-state index in [0.29, 0.717) is 0 Å². The summed E-state index contributed by atoms with van der Waals surface area (Å²) >= 11 is 0.